The Labute approximate surface area is 150 Å². The lowest BCUT2D eigenvalue weighted by Gasteiger charge is -2.24. The van der Waals surface area contributed by atoms with Gasteiger partial charge in [0.1, 0.15) is 12.1 Å². The van der Waals surface area contributed by atoms with Crippen LogP contribution in [0.25, 0.3) is 5.69 Å². The van der Waals surface area contributed by atoms with Crippen LogP contribution in [0.1, 0.15) is 35.8 Å². The Morgan fingerprint density at radius 1 is 1.35 bits per heavy atom. The molecule has 1 saturated heterocycles. The number of anilines is 1. The molecule has 0 saturated carbocycles. The SMILES string of the molecule is Cc1cc(-n2cnnn2)cc(NC(=O)N2CCCC2c2ccco2)c1C. The molecule has 3 heterocycles. The highest BCUT2D eigenvalue weighted by atomic mass is 16.3. The topological polar surface area (TPSA) is 89.1 Å². The molecular weight excluding hydrogens is 332 g/mol. The molecule has 0 bridgehead atoms. The summed E-state index contributed by atoms with van der Waals surface area (Å²) in [7, 11) is 0. The van der Waals surface area contributed by atoms with E-state index in [1.165, 1.54) is 6.33 Å². The molecule has 0 aliphatic carbocycles. The van der Waals surface area contributed by atoms with Gasteiger partial charge in [0.25, 0.3) is 0 Å². The minimum Gasteiger partial charge on any atom is -0.467 e. The molecule has 1 atom stereocenters. The van der Waals surface area contributed by atoms with Crippen molar-refractivity contribution in [3.05, 3.63) is 53.7 Å². The number of benzene rings is 1. The molecule has 1 aliphatic heterocycles. The van der Waals surface area contributed by atoms with Crippen molar-refractivity contribution in [3.8, 4) is 5.69 Å². The first-order valence-corrected chi connectivity index (χ1v) is 8.59. The van der Waals surface area contributed by atoms with Crippen LogP contribution in [0.3, 0.4) is 0 Å². The second-order valence-electron chi connectivity index (χ2n) is 6.49. The van der Waals surface area contributed by atoms with Crippen LogP contribution in [0.4, 0.5) is 10.5 Å². The molecule has 3 aromatic rings. The number of furan rings is 1. The normalized spacial score (nSPS) is 16.8. The molecule has 1 aromatic carbocycles. The second-order valence-corrected chi connectivity index (χ2v) is 6.49. The second kappa shape index (κ2) is 6.62. The first-order valence-electron chi connectivity index (χ1n) is 8.59. The predicted molar refractivity (Wildman–Crippen MR) is 95.0 cm³/mol. The molecule has 134 valence electrons. The fraction of sp³-hybridized carbons (Fsp3) is 0.333. The number of urea groups is 1. The summed E-state index contributed by atoms with van der Waals surface area (Å²) in [5.74, 6) is 0.827. The zero-order valence-corrected chi connectivity index (χ0v) is 14.7. The number of rotatable bonds is 3. The molecule has 1 unspecified atom stereocenters. The van der Waals surface area contributed by atoms with Crippen LogP contribution in [0.2, 0.25) is 0 Å². The lowest BCUT2D eigenvalue weighted by molar-refractivity contribution is 0.200. The van der Waals surface area contributed by atoms with Gasteiger partial charge in [0.2, 0.25) is 0 Å². The van der Waals surface area contributed by atoms with E-state index in [-0.39, 0.29) is 12.1 Å². The fourth-order valence-electron chi connectivity index (χ4n) is 3.36. The summed E-state index contributed by atoms with van der Waals surface area (Å²) in [4.78, 5) is 14.7. The summed E-state index contributed by atoms with van der Waals surface area (Å²) in [6.07, 6.45) is 5.04. The van der Waals surface area contributed by atoms with Gasteiger partial charge in [-0.25, -0.2) is 9.48 Å². The van der Waals surface area contributed by atoms with E-state index in [9.17, 15) is 4.79 Å². The van der Waals surface area contributed by atoms with Crippen LogP contribution < -0.4 is 5.32 Å². The van der Waals surface area contributed by atoms with Gasteiger partial charge in [0.05, 0.1) is 18.0 Å². The maximum atomic E-state index is 12.9. The van der Waals surface area contributed by atoms with E-state index in [1.807, 2.05) is 43.0 Å². The number of carbonyl (C=O) groups excluding carboxylic acids is 1. The van der Waals surface area contributed by atoms with Crippen LogP contribution in [0, 0.1) is 13.8 Å². The summed E-state index contributed by atoms with van der Waals surface area (Å²) in [6.45, 7) is 4.70. The van der Waals surface area contributed by atoms with Crippen molar-refractivity contribution in [3.63, 3.8) is 0 Å². The largest absolute Gasteiger partial charge is 0.467 e. The van der Waals surface area contributed by atoms with Crippen LogP contribution in [0.15, 0.2) is 41.3 Å². The van der Waals surface area contributed by atoms with Gasteiger partial charge in [-0.05, 0) is 72.5 Å². The molecule has 1 fully saturated rings. The third-order valence-electron chi connectivity index (χ3n) is 4.89. The highest BCUT2D eigenvalue weighted by molar-refractivity contribution is 5.91. The Balaban J connectivity index is 1.59. The number of amides is 2. The molecule has 8 heteroatoms. The number of nitrogens with one attached hydrogen (secondary N) is 1. The van der Waals surface area contributed by atoms with E-state index in [2.05, 4.69) is 20.8 Å². The Morgan fingerprint density at radius 2 is 2.23 bits per heavy atom. The van der Waals surface area contributed by atoms with Crippen LogP contribution in [-0.4, -0.2) is 37.7 Å². The number of hydrogen-bond donors (Lipinski definition) is 1. The maximum absolute atomic E-state index is 12.9. The molecule has 1 N–H and O–H groups in total. The smallest absolute Gasteiger partial charge is 0.322 e. The van der Waals surface area contributed by atoms with Gasteiger partial charge >= 0.3 is 6.03 Å². The van der Waals surface area contributed by atoms with E-state index >= 15 is 0 Å². The quantitative estimate of drug-likeness (QED) is 0.781. The number of carbonyl (C=O) groups is 1. The lowest BCUT2D eigenvalue weighted by Crippen LogP contribution is -2.34. The zero-order valence-electron chi connectivity index (χ0n) is 14.7. The minimum atomic E-state index is -0.125. The van der Waals surface area contributed by atoms with E-state index in [4.69, 9.17) is 4.42 Å². The average molecular weight is 352 g/mol. The monoisotopic (exact) mass is 352 g/mol. The van der Waals surface area contributed by atoms with Gasteiger partial charge in [-0.1, -0.05) is 0 Å². The molecule has 26 heavy (non-hydrogen) atoms. The number of tetrazole rings is 1. The van der Waals surface area contributed by atoms with Crippen molar-refractivity contribution in [1.29, 1.82) is 0 Å². The van der Waals surface area contributed by atoms with Gasteiger partial charge in [0, 0.05) is 12.2 Å². The summed E-state index contributed by atoms with van der Waals surface area (Å²) in [5, 5.41) is 14.3. The Hall–Kier alpha value is -3.16. The van der Waals surface area contributed by atoms with Crippen molar-refractivity contribution in [2.24, 2.45) is 0 Å². The number of nitrogens with zero attached hydrogens (tertiary/aromatic N) is 5. The average Bonchev–Trinajstić information content (AvgIpc) is 3.40. The highest BCUT2D eigenvalue weighted by Crippen LogP contribution is 2.33. The van der Waals surface area contributed by atoms with E-state index in [0.717, 1.165) is 41.1 Å². The molecule has 2 amide bonds. The van der Waals surface area contributed by atoms with Crippen molar-refractivity contribution in [2.75, 3.05) is 11.9 Å². The summed E-state index contributed by atoms with van der Waals surface area (Å²) >= 11 is 0. The molecule has 8 nitrogen and oxygen atoms in total. The van der Waals surface area contributed by atoms with Crippen molar-refractivity contribution >= 4 is 11.7 Å². The number of hydrogen-bond acceptors (Lipinski definition) is 5. The summed E-state index contributed by atoms with van der Waals surface area (Å²) in [5.41, 5.74) is 3.63. The highest BCUT2D eigenvalue weighted by Gasteiger charge is 2.32. The Kier molecular flexibility index (Phi) is 4.16. The van der Waals surface area contributed by atoms with E-state index in [0.29, 0.717) is 6.54 Å². The Bertz CT molecular complexity index is 904. The fourth-order valence-corrected chi connectivity index (χ4v) is 3.36. The third kappa shape index (κ3) is 2.94. The van der Waals surface area contributed by atoms with Gasteiger partial charge in [-0.15, -0.1) is 5.10 Å². The number of likely N-dealkylation sites (tertiary alicyclic amines) is 1. The van der Waals surface area contributed by atoms with Gasteiger partial charge < -0.3 is 14.6 Å². The van der Waals surface area contributed by atoms with Crippen molar-refractivity contribution in [2.45, 2.75) is 32.7 Å². The number of aromatic nitrogens is 4. The van der Waals surface area contributed by atoms with Crippen LogP contribution in [-0.2, 0) is 0 Å². The lowest BCUT2D eigenvalue weighted by atomic mass is 10.1. The van der Waals surface area contributed by atoms with Gasteiger partial charge in [0.15, 0.2) is 0 Å². The van der Waals surface area contributed by atoms with E-state index in [1.54, 1.807) is 10.9 Å². The van der Waals surface area contributed by atoms with Gasteiger partial charge in [-0.2, -0.15) is 0 Å². The minimum absolute atomic E-state index is 0.0194. The molecule has 4 rings (SSSR count). The molecular formula is C18H20N6O2. The van der Waals surface area contributed by atoms with Gasteiger partial charge in [-0.3, -0.25) is 0 Å². The molecule has 0 radical (unpaired) electrons. The van der Waals surface area contributed by atoms with Crippen molar-refractivity contribution in [1.82, 2.24) is 25.1 Å². The molecule has 2 aromatic heterocycles. The predicted octanol–water partition coefficient (Wildman–Crippen LogP) is 3.24. The third-order valence-corrected chi connectivity index (χ3v) is 4.89. The first kappa shape index (κ1) is 16.3. The standard InChI is InChI=1S/C18H20N6O2/c1-12-9-14(24-11-19-21-22-24)10-15(13(12)2)20-18(25)23-7-3-5-16(23)17-6-4-8-26-17/h4,6,8-11,16H,3,5,7H2,1-2H3,(H,20,25). The zero-order chi connectivity index (χ0) is 18.1. The number of aryl methyl sites for hydroxylation is 1. The first-order chi connectivity index (χ1) is 12.6. The van der Waals surface area contributed by atoms with Crippen molar-refractivity contribution < 1.29 is 9.21 Å². The van der Waals surface area contributed by atoms with Crippen LogP contribution >= 0.6 is 0 Å². The van der Waals surface area contributed by atoms with Crippen LogP contribution in [0.5, 0.6) is 0 Å². The maximum Gasteiger partial charge on any atom is 0.322 e. The molecule has 0 spiro atoms. The van der Waals surface area contributed by atoms with E-state index < -0.39 is 0 Å². The Morgan fingerprint density at radius 3 is 2.96 bits per heavy atom. The molecule has 1 aliphatic rings. The summed E-state index contributed by atoms with van der Waals surface area (Å²) < 4.78 is 7.08. The summed E-state index contributed by atoms with van der Waals surface area (Å²) in [6, 6.07) is 7.50.